The second-order valence-corrected chi connectivity index (χ2v) is 3.63. The highest BCUT2D eigenvalue weighted by Gasteiger charge is 2.34. The van der Waals surface area contributed by atoms with E-state index in [-0.39, 0.29) is 11.9 Å². The molecule has 1 atom stereocenters. The fraction of sp³-hybridized carbons (Fsp3) is 0.455. The summed E-state index contributed by atoms with van der Waals surface area (Å²) in [7, 11) is 1.55. The van der Waals surface area contributed by atoms with Gasteiger partial charge in [0.25, 0.3) is 0 Å². The molecule has 2 rings (SSSR count). The largest absolute Gasteiger partial charge is 0.573 e. The third kappa shape index (κ3) is 2.14. The molecule has 1 aromatic rings. The molecule has 88 valence electrons. The number of fused-ring (bicyclic) bond motifs is 1. The molecule has 1 aromatic carbocycles. The van der Waals surface area contributed by atoms with E-state index in [0.717, 1.165) is 5.56 Å². The molecule has 16 heavy (non-hydrogen) atoms. The maximum absolute atomic E-state index is 12.1. The molecule has 0 saturated heterocycles. The highest BCUT2D eigenvalue weighted by Crippen LogP contribution is 2.40. The topological polar surface area (TPSA) is 18.5 Å². The fourth-order valence-corrected chi connectivity index (χ4v) is 2.05. The first-order chi connectivity index (χ1) is 7.51. The summed E-state index contributed by atoms with van der Waals surface area (Å²) in [6.07, 6.45) is -3.50. The summed E-state index contributed by atoms with van der Waals surface area (Å²) in [6, 6.07) is 4.67. The molecule has 0 N–H and O–H groups in total. The normalized spacial score (nSPS) is 19.6. The van der Waals surface area contributed by atoms with Gasteiger partial charge in [-0.15, -0.1) is 13.2 Å². The Bertz CT molecular complexity index is 387. The second-order valence-electron chi connectivity index (χ2n) is 3.63. The monoisotopic (exact) mass is 232 g/mol. The van der Waals surface area contributed by atoms with Crippen LogP contribution in [-0.4, -0.2) is 13.5 Å². The minimum Gasteiger partial charge on any atom is -0.405 e. The lowest BCUT2D eigenvalue weighted by atomic mass is 10.1. The van der Waals surface area contributed by atoms with E-state index in [4.69, 9.17) is 4.74 Å². The minimum absolute atomic E-state index is 0.107. The number of benzene rings is 1. The van der Waals surface area contributed by atoms with Gasteiger partial charge in [0, 0.05) is 12.7 Å². The molecule has 0 radical (unpaired) electrons. The van der Waals surface area contributed by atoms with E-state index in [1.54, 1.807) is 19.2 Å². The molecular formula is C11H11F3O2. The van der Waals surface area contributed by atoms with Crippen LogP contribution >= 0.6 is 0 Å². The summed E-state index contributed by atoms with van der Waals surface area (Å²) < 4.78 is 45.6. The predicted octanol–water partition coefficient (Wildman–Crippen LogP) is 3.22. The van der Waals surface area contributed by atoms with E-state index in [2.05, 4.69) is 4.74 Å². The molecule has 5 heteroatoms. The molecular weight excluding hydrogens is 221 g/mol. The number of hydrogen-bond donors (Lipinski definition) is 0. The lowest BCUT2D eigenvalue weighted by molar-refractivity contribution is -0.274. The van der Waals surface area contributed by atoms with E-state index in [1.807, 2.05) is 0 Å². The van der Waals surface area contributed by atoms with Crippen molar-refractivity contribution in [3.05, 3.63) is 29.3 Å². The quantitative estimate of drug-likeness (QED) is 0.779. The van der Waals surface area contributed by atoms with Gasteiger partial charge in [-0.2, -0.15) is 0 Å². The summed E-state index contributed by atoms with van der Waals surface area (Å²) in [4.78, 5) is 0. The molecule has 1 aliphatic rings. The summed E-state index contributed by atoms with van der Waals surface area (Å²) in [5, 5.41) is 0. The molecule has 0 heterocycles. The van der Waals surface area contributed by atoms with Crippen LogP contribution in [0.4, 0.5) is 13.2 Å². The molecule has 0 saturated carbocycles. The van der Waals surface area contributed by atoms with Crippen molar-refractivity contribution in [1.82, 2.24) is 0 Å². The van der Waals surface area contributed by atoms with Crippen LogP contribution in [0.25, 0.3) is 0 Å². The number of halogens is 3. The summed E-state index contributed by atoms with van der Waals surface area (Å²) in [5.74, 6) is -0.107. The van der Waals surface area contributed by atoms with Crippen LogP contribution < -0.4 is 4.74 Å². The van der Waals surface area contributed by atoms with E-state index in [9.17, 15) is 13.2 Å². The molecule has 0 unspecified atom stereocenters. The van der Waals surface area contributed by atoms with Gasteiger partial charge in [-0.1, -0.05) is 12.1 Å². The summed E-state index contributed by atoms with van der Waals surface area (Å²) in [5.41, 5.74) is 1.40. The molecule has 1 aliphatic carbocycles. The van der Waals surface area contributed by atoms with Crippen LogP contribution in [0.2, 0.25) is 0 Å². The molecule has 2 nitrogen and oxygen atoms in total. The average molecular weight is 232 g/mol. The molecule has 0 fully saturated rings. The molecule has 0 aromatic heterocycles. The van der Waals surface area contributed by atoms with Crippen molar-refractivity contribution in [2.24, 2.45) is 0 Å². The van der Waals surface area contributed by atoms with E-state index >= 15 is 0 Å². The lowest BCUT2D eigenvalue weighted by Crippen LogP contribution is -2.18. The third-order valence-corrected chi connectivity index (χ3v) is 2.68. The zero-order chi connectivity index (χ0) is 11.8. The molecule has 0 bridgehead atoms. The van der Waals surface area contributed by atoms with Gasteiger partial charge in [-0.25, -0.2) is 0 Å². The zero-order valence-corrected chi connectivity index (χ0v) is 8.67. The summed E-state index contributed by atoms with van der Waals surface area (Å²) >= 11 is 0. The number of alkyl halides is 3. The Morgan fingerprint density at radius 3 is 2.69 bits per heavy atom. The number of methoxy groups -OCH3 is 1. The smallest absolute Gasteiger partial charge is 0.405 e. The zero-order valence-electron chi connectivity index (χ0n) is 8.67. The molecule has 0 aliphatic heterocycles. The van der Waals surface area contributed by atoms with Crippen molar-refractivity contribution in [2.75, 3.05) is 7.11 Å². The molecule has 0 amide bonds. The Kier molecular flexibility index (Phi) is 2.80. The Hall–Kier alpha value is -1.23. The minimum atomic E-state index is -4.64. The highest BCUT2D eigenvalue weighted by atomic mass is 19.4. The van der Waals surface area contributed by atoms with Gasteiger partial charge >= 0.3 is 6.36 Å². The predicted molar refractivity (Wildman–Crippen MR) is 51.2 cm³/mol. The molecule has 0 spiro atoms. The second kappa shape index (κ2) is 3.97. The highest BCUT2D eigenvalue weighted by molar-refractivity contribution is 5.44. The van der Waals surface area contributed by atoms with E-state index in [0.29, 0.717) is 18.4 Å². The number of ether oxygens (including phenoxy) is 2. The van der Waals surface area contributed by atoms with Crippen LogP contribution in [0.3, 0.4) is 0 Å². The van der Waals surface area contributed by atoms with Gasteiger partial charge in [0.05, 0.1) is 6.10 Å². The van der Waals surface area contributed by atoms with Crippen LogP contribution in [-0.2, 0) is 11.2 Å². The average Bonchev–Trinajstić information content (AvgIpc) is 2.59. The Morgan fingerprint density at radius 1 is 1.31 bits per heavy atom. The van der Waals surface area contributed by atoms with Gasteiger partial charge in [0.2, 0.25) is 0 Å². The SMILES string of the molecule is CO[C@@H]1CCc2c(OC(F)(F)F)cccc21. The van der Waals surface area contributed by atoms with Crippen LogP contribution in [0, 0.1) is 0 Å². The Morgan fingerprint density at radius 2 is 2.06 bits per heavy atom. The number of rotatable bonds is 2. The van der Waals surface area contributed by atoms with Crippen LogP contribution in [0.1, 0.15) is 23.7 Å². The van der Waals surface area contributed by atoms with Gasteiger partial charge < -0.3 is 9.47 Å². The van der Waals surface area contributed by atoms with Gasteiger partial charge in [0.15, 0.2) is 0 Å². The maximum Gasteiger partial charge on any atom is 0.573 e. The summed E-state index contributed by atoms with van der Waals surface area (Å²) in [6.45, 7) is 0. The van der Waals surface area contributed by atoms with Crippen molar-refractivity contribution in [3.8, 4) is 5.75 Å². The first-order valence-electron chi connectivity index (χ1n) is 4.91. The fourth-order valence-electron chi connectivity index (χ4n) is 2.05. The van der Waals surface area contributed by atoms with Crippen molar-refractivity contribution < 1.29 is 22.6 Å². The first-order valence-corrected chi connectivity index (χ1v) is 4.91. The van der Waals surface area contributed by atoms with Crippen molar-refractivity contribution in [1.29, 1.82) is 0 Å². The lowest BCUT2D eigenvalue weighted by Gasteiger charge is -2.13. The Balaban J connectivity index is 2.32. The third-order valence-electron chi connectivity index (χ3n) is 2.68. The van der Waals surface area contributed by atoms with Gasteiger partial charge in [-0.3, -0.25) is 0 Å². The maximum atomic E-state index is 12.1. The van der Waals surface area contributed by atoms with Crippen molar-refractivity contribution in [3.63, 3.8) is 0 Å². The number of hydrogen-bond acceptors (Lipinski definition) is 2. The van der Waals surface area contributed by atoms with Crippen LogP contribution in [0.5, 0.6) is 5.75 Å². The standard InChI is InChI=1S/C11H11F3O2/c1-15-9-6-5-8-7(9)3-2-4-10(8)16-11(12,13)14/h2-4,9H,5-6H2,1H3/t9-/m1/s1. The van der Waals surface area contributed by atoms with Crippen molar-refractivity contribution in [2.45, 2.75) is 25.3 Å². The Labute approximate surface area is 91.0 Å². The van der Waals surface area contributed by atoms with E-state index in [1.165, 1.54) is 6.07 Å². The first kappa shape index (κ1) is 11.3. The van der Waals surface area contributed by atoms with Crippen LogP contribution in [0.15, 0.2) is 18.2 Å². The van der Waals surface area contributed by atoms with Gasteiger partial charge in [0.1, 0.15) is 5.75 Å². The van der Waals surface area contributed by atoms with E-state index < -0.39 is 6.36 Å². The van der Waals surface area contributed by atoms with Gasteiger partial charge in [-0.05, 0) is 24.5 Å². The van der Waals surface area contributed by atoms with Crippen molar-refractivity contribution >= 4 is 0 Å².